The average molecular weight is 312 g/mol. The third-order valence-electron chi connectivity index (χ3n) is 2.72. The summed E-state index contributed by atoms with van der Waals surface area (Å²) in [5.74, 6) is 5.66. The van der Waals surface area contributed by atoms with Crippen LogP contribution in [0.1, 0.15) is 22.0 Å². The number of nitrogens with two attached hydrogens (primary N) is 1. The van der Waals surface area contributed by atoms with Gasteiger partial charge in [-0.25, -0.2) is 0 Å². The Morgan fingerprint density at radius 3 is 2.94 bits per heavy atom. The average Bonchev–Trinajstić information content (AvgIpc) is 2.73. The zero-order valence-corrected chi connectivity index (χ0v) is 11.9. The standard InChI is InChI=1S/C12H14BrN3S/c1-8-7-15-4-2-9(8)11(16-14)6-12-10(13)3-5-17-12/h2-5,7,11,16H,6,14H2,1H3. The van der Waals surface area contributed by atoms with Crippen molar-refractivity contribution in [3.63, 3.8) is 0 Å². The highest BCUT2D eigenvalue weighted by Gasteiger charge is 2.15. The van der Waals surface area contributed by atoms with Gasteiger partial charge in [0.2, 0.25) is 0 Å². The number of rotatable bonds is 4. The van der Waals surface area contributed by atoms with Gasteiger partial charge in [0.15, 0.2) is 0 Å². The lowest BCUT2D eigenvalue weighted by Gasteiger charge is -2.17. The summed E-state index contributed by atoms with van der Waals surface area (Å²) in [6.07, 6.45) is 4.54. The molecule has 2 aromatic rings. The fraction of sp³-hybridized carbons (Fsp3) is 0.250. The smallest absolute Gasteiger partial charge is 0.0512 e. The van der Waals surface area contributed by atoms with Gasteiger partial charge in [-0.2, -0.15) is 0 Å². The molecule has 0 aliphatic rings. The van der Waals surface area contributed by atoms with Crippen molar-refractivity contribution in [2.45, 2.75) is 19.4 Å². The fourth-order valence-corrected chi connectivity index (χ4v) is 3.35. The number of aromatic nitrogens is 1. The fourth-order valence-electron chi connectivity index (χ4n) is 1.79. The molecule has 0 spiro atoms. The van der Waals surface area contributed by atoms with Crippen molar-refractivity contribution in [3.8, 4) is 0 Å². The van der Waals surface area contributed by atoms with Crippen LogP contribution in [0, 0.1) is 6.92 Å². The maximum absolute atomic E-state index is 5.66. The number of pyridine rings is 1. The SMILES string of the molecule is Cc1cnccc1C(Cc1sccc1Br)NN. The molecule has 5 heteroatoms. The van der Waals surface area contributed by atoms with Crippen LogP contribution >= 0.6 is 27.3 Å². The second-order valence-corrected chi connectivity index (χ2v) is 5.70. The molecule has 3 N–H and O–H groups in total. The van der Waals surface area contributed by atoms with Gasteiger partial charge < -0.3 is 0 Å². The molecule has 2 rings (SSSR count). The summed E-state index contributed by atoms with van der Waals surface area (Å²) in [6.45, 7) is 2.05. The van der Waals surface area contributed by atoms with E-state index in [1.54, 1.807) is 17.5 Å². The van der Waals surface area contributed by atoms with Crippen LogP contribution < -0.4 is 11.3 Å². The molecule has 1 atom stereocenters. The number of nitrogens with zero attached hydrogens (tertiary/aromatic N) is 1. The van der Waals surface area contributed by atoms with Crippen LogP contribution in [0.5, 0.6) is 0 Å². The van der Waals surface area contributed by atoms with Gasteiger partial charge in [0, 0.05) is 28.2 Å². The Balaban J connectivity index is 2.23. The van der Waals surface area contributed by atoms with E-state index in [-0.39, 0.29) is 6.04 Å². The van der Waals surface area contributed by atoms with Crippen molar-refractivity contribution in [1.29, 1.82) is 0 Å². The number of hydrogen-bond acceptors (Lipinski definition) is 4. The van der Waals surface area contributed by atoms with Gasteiger partial charge in [-0.3, -0.25) is 16.3 Å². The molecule has 1 unspecified atom stereocenters. The normalized spacial score (nSPS) is 12.6. The maximum atomic E-state index is 5.66. The summed E-state index contributed by atoms with van der Waals surface area (Å²) in [5.41, 5.74) is 5.24. The highest BCUT2D eigenvalue weighted by atomic mass is 79.9. The highest BCUT2D eigenvalue weighted by Crippen LogP contribution is 2.28. The number of hydrogen-bond donors (Lipinski definition) is 2. The van der Waals surface area contributed by atoms with Crippen LogP contribution in [0.3, 0.4) is 0 Å². The van der Waals surface area contributed by atoms with E-state index >= 15 is 0 Å². The van der Waals surface area contributed by atoms with Crippen molar-refractivity contribution in [3.05, 3.63) is 50.4 Å². The van der Waals surface area contributed by atoms with Gasteiger partial charge in [-0.1, -0.05) is 0 Å². The molecule has 0 fully saturated rings. The Hall–Kier alpha value is -0.750. The molecule has 90 valence electrons. The van der Waals surface area contributed by atoms with E-state index in [1.165, 1.54) is 10.4 Å². The van der Waals surface area contributed by atoms with E-state index in [4.69, 9.17) is 5.84 Å². The first-order valence-corrected chi connectivity index (χ1v) is 6.98. The Bertz CT molecular complexity index is 498. The van der Waals surface area contributed by atoms with Crippen LogP contribution in [0.2, 0.25) is 0 Å². The zero-order valence-electron chi connectivity index (χ0n) is 9.48. The van der Waals surface area contributed by atoms with Crippen molar-refractivity contribution < 1.29 is 0 Å². The highest BCUT2D eigenvalue weighted by molar-refractivity contribution is 9.10. The van der Waals surface area contributed by atoms with E-state index in [9.17, 15) is 0 Å². The number of hydrazine groups is 1. The number of thiophene rings is 1. The molecule has 0 aliphatic heterocycles. The van der Waals surface area contributed by atoms with Crippen LogP contribution in [-0.4, -0.2) is 4.98 Å². The minimum absolute atomic E-state index is 0.118. The Labute approximate surface area is 113 Å². The lowest BCUT2D eigenvalue weighted by atomic mass is 10.0. The molecule has 2 heterocycles. The molecule has 0 amide bonds. The van der Waals surface area contributed by atoms with Crippen LogP contribution in [0.25, 0.3) is 0 Å². The predicted octanol–water partition coefficient (Wildman–Crippen LogP) is 2.96. The summed E-state index contributed by atoms with van der Waals surface area (Å²) in [7, 11) is 0. The second-order valence-electron chi connectivity index (χ2n) is 3.85. The monoisotopic (exact) mass is 311 g/mol. The third-order valence-corrected chi connectivity index (χ3v) is 4.67. The quantitative estimate of drug-likeness (QED) is 0.674. The van der Waals surface area contributed by atoms with Gasteiger partial charge in [-0.15, -0.1) is 11.3 Å². The van der Waals surface area contributed by atoms with Crippen LogP contribution in [0.4, 0.5) is 0 Å². The van der Waals surface area contributed by atoms with Gasteiger partial charge in [-0.05, 0) is 51.5 Å². The van der Waals surface area contributed by atoms with Crippen molar-refractivity contribution >= 4 is 27.3 Å². The summed E-state index contributed by atoms with van der Waals surface area (Å²) < 4.78 is 1.15. The summed E-state index contributed by atoms with van der Waals surface area (Å²) in [4.78, 5) is 5.40. The molecule has 0 bridgehead atoms. The molecule has 0 aliphatic carbocycles. The molecule has 17 heavy (non-hydrogen) atoms. The van der Waals surface area contributed by atoms with E-state index in [1.807, 2.05) is 12.3 Å². The minimum Gasteiger partial charge on any atom is -0.271 e. The first-order chi connectivity index (χ1) is 8.22. The van der Waals surface area contributed by atoms with Crippen LogP contribution in [-0.2, 0) is 6.42 Å². The molecule has 3 nitrogen and oxygen atoms in total. The van der Waals surface area contributed by atoms with Gasteiger partial charge >= 0.3 is 0 Å². The molecule has 0 aromatic carbocycles. The maximum Gasteiger partial charge on any atom is 0.0512 e. The molecular weight excluding hydrogens is 298 g/mol. The predicted molar refractivity (Wildman–Crippen MR) is 74.8 cm³/mol. The zero-order chi connectivity index (χ0) is 12.3. The largest absolute Gasteiger partial charge is 0.271 e. The van der Waals surface area contributed by atoms with Gasteiger partial charge in [0.25, 0.3) is 0 Å². The molecule has 0 saturated heterocycles. The Morgan fingerprint density at radius 2 is 2.35 bits per heavy atom. The lowest BCUT2D eigenvalue weighted by Crippen LogP contribution is -2.30. The van der Waals surface area contributed by atoms with E-state index in [2.05, 4.69) is 44.7 Å². The van der Waals surface area contributed by atoms with E-state index in [0.717, 1.165) is 16.5 Å². The molecular formula is C12H14BrN3S. The van der Waals surface area contributed by atoms with Crippen molar-refractivity contribution in [2.24, 2.45) is 5.84 Å². The number of halogens is 1. The number of aryl methyl sites for hydroxylation is 1. The van der Waals surface area contributed by atoms with Crippen molar-refractivity contribution in [2.75, 3.05) is 0 Å². The summed E-state index contributed by atoms with van der Waals surface area (Å²) in [6, 6.07) is 4.20. The third kappa shape index (κ3) is 2.93. The minimum atomic E-state index is 0.118. The molecule has 2 aromatic heterocycles. The lowest BCUT2D eigenvalue weighted by molar-refractivity contribution is 0.551. The van der Waals surface area contributed by atoms with Gasteiger partial charge in [0.1, 0.15) is 0 Å². The summed E-state index contributed by atoms with van der Waals surface area (Å²) >= 11 is 5.28. The second kappa shape index (κ2) is 5.73. The van der Waals surface area contributed by atoms with Gasteiger partial charge in [0.05, 0.1) is 6.04 Å². The molecule has 0 saturated carbocycles. The van der Waals surface area contributed by atoms with E-state index < -0.39 is 0 Å². The molecule has 0 radical (unpaired) electrons. The Morgan fingerprint density at radius 1 is 1.53 bits per heavy atom. The Kier molecular flexibility index (Phi) is 4.28. The summed E-state index contributed by atoms with van der Waals surface area (Å²) in [5, 5.41) is 2.08. The number of nitrogens with one attached hydrogen (secondary N) is 1. The van der Waals surface area contributed by atoms with Crippen molar-refractivity contribution in [1.82, 2.24) is 10.4 Å². The van der Waals surface area contributed by atoms with E-state index in [0.29, 0.717) is 0 Å². The topological polar surface area (TPSA) is 50.9 Å². The first-order valence-electron chi connectivity index (χ1n) is 5.31. The first kappa shape index (κ1) is 12.7. The van der Waals surface area contributed by atoms with Crippen LogP contribution in [0.15, 0.2) is 34.4 Å².